The molecule has 0 radical (unpaired) electrons. The number of carbonyl (C=O) groups excluding carboxylic acids is 1. The highest BCUT2D eigenvalue weighted by Gasteiger charge is 2.20. The van der Waals surface area contributed by atoms with Crippen molar-refractivity contribution in [2.45, 2.75) is 25.8 Å². The van der Waals surface area contributed by atoms with Gasteiger partial charge in [-0.15, -0.1) is 11.3 Å². The minimum atomic E-state index is -0.462. The van der Waals surface area contributed by atoms with Crippen LogP contribution in [0.5, 0.6) is 0 Å². The smallest absolute Gasteiger partial charge is 0.239 e. The quantitative estimate of drug-likeness (QED) is 0.855. The van der Waals surface area contributed by atoms with Crippen LogP contribution in [0, 0.1) is 0 Å². The second-order valence-corrected chi connectivity index (χ2v) is 6.08. The molecule has 112 valence electrons. The van der Waals surface area contributed by atoms with Crippen LogP contribution in [0.15, 0.2) is 47.8 Å². The summed E-state index contributed by atoms with van der Waals surface area (Å²) in [5, 5.41) is 2.06. The van der Waals surface area contributed by atoms with Crippen LogP contribution in [0.1, 0.15) is 17.4 Å². The van der Waals surface area contributed by atoms with E-state index in [0.29, 0.717) is 13.0 Å². The van der Waals surface area contributed by atoms with Crippen molar-refractivity contribution in [2.75, 3.05) is 13.1 Å². The number of thiophene rings is 1. The maximum absolute atomic E-state index is 12.4. The predicted molar refractivity (Wildman–Crippen MR) is 88.4 cm³/mol. The number of likely N-dealkylation sites (N-methyl/N-ethyl adjacent to an activating group) is 1. The van der Waals surface area contributed by atoms with Crippen molar-refractivity contribution in [3.8, 4) is 0 Å². The number of rotatable bonds is 7. The molecule has 1 heterocycles. The number of hydrogen-bond donors (Lipinski definition) is 1. The van der Waals surface area contributed by atoms with Crippen molar-refractivity contribution in [1.29, 1.82) is 0 Å². The summed E-state index contributed by atoms with van der Waals surface area (Å²) in [6.45, 7) is 3.44. The van der Waals surface area contributed by atoms with Crippen molar-refractivity contribution in [3.63, 3.8) is 0 Å². The van der Waals surface area contributed by atoms with E-state index < -0.39 is 6.04 Å². The van der Waals surface area contributed by atoms with Gasteiger partial charge in [-0.05, 0) is 36.8 Å². The summed E-state index contributed by atoms with van der Waals surface area (Å²) >= 11 is 1.73. The van der Waals surface area contributed by atoms with Gasteiger partial charge in [0.1, 0.15) is 0 Å². The third-order valence-electron chi connectivity index (χ3n) is 3.52. The Bertz CT molecular complexity index is 539. The van der Waals surface area contributed by atoms with Gasteiger partial charge in [-0.2, -0.15) is 0 Å². The van der Waals surface area contributed by atoms with Crippen molar-refractivity contribution >= 4 is 17.2 Å². The van der Waals surface area contributed by atoms with Crippen molar-refractivity contribution in [3.05, 3.63) is 58.3 Å². The fourth-order valence-corrected chi connectivity index (χ4v) is 3.01. The van der Waals surface area contributed by atoms with E-state index in [1.807, 2.05) is 48.2 Å². The Morgan fingerprint density at radius 1 is 1.24 bits per heavy atom. The third kappa shape index (κ3) is 4.69. The zero-order valence-electron chi connectivity index (χ0n) is 12.4. The van der Waals surface area contributed by atoms with Crippen molar-refractivity contribution in [2.24, 2.45) is 5.73 Å². The van der Waals surface area contributed by atoms with Gasteiger partial charge in [-0.1, -0.05) is 36.4 Å². The molecule has 0 saturated carbocycles. The monoisotopic (exact) mass is 302 g/mol. The van der Waals surface area contributed by atoms with Gasteiger partial charge < -0.3 is 10.6 Å². The Morgan fingerprint density at radius 2 is 2.00 bits per heavy atom. The molecule has 0 saturated heterocycles. The van der Waals surface area contributed by atoms with Gasteiger partial charge in [0.15, 0.2) is 0 Å². The number of hydrogen-bond acceptors (Lipinski definition) is 3. The van der Waals surface area contributed by atoms with Gasteiger partial charge >= 0.3 is 0 Å². The molecule has 0 aliphatic rings. The van der Waals surface area contributed by atoms with E-state index in [2.05, 4.69) is 11.4 Å². The first-order valence-corrected chi connectivity index (χ1v) is 8.19. The average molecular weight is 302 g/mol. The SMILES string of the molecule is CCN(CCc1cccs1)C(=O)[C@@H](N)Cc1ccccc1. The largest absolute Gasteiger partial charge is 0.341 e. The molecule has 1 aromatic heterocycles. The topological polar surface area (TPSA) is 46.3 Å². The van der Waals surface area contributed by atoms with Gasteiger partial charge in [0.25, 0.3) is 0 Å². The van der Waals surface area contributed by atoms with Gasteiger partial charge in [0.05, 0.1) is 6.04 Å². The minimum Gasteiger partial charge on any atom is -0.341 e. The highest BCUT2D eigenvalue weighted by atomic mass is 32.1. The van der Waals surface area contributed by atoms with E-state index in [-0.39, 0.29) is 5.91 Å². The molecule has 0 fully saturated rings. The fraction of sp³-hybridized carbons (Fsp3) is 0.353. The summed E-state index contributed by atoms with van der Waals surface area (Å²) in [5.41, 5.74) is 7.19. The zero-order valence-corrected chi connectivity index (χ0v) is 13.2. The van der Waals surface area contributed by atoms with Gasteiger partial charge in [-0.25, -0.2) is 0 Å². The van der Waals surface area contributed by atoms with Crippen LogP contribution in [0.25, 0.3) is 0 Å². The lowest BCUT2D eigenvalue weighted by Crippen LogP contribution is -2.45. The van der Waals surface area contributed by atoms with Crippen LogP contribution in [0.3, 0.4) is 0 Å². The molecule has 4 heteroatoms. The number of benzene rings is 1. The number of carbonyl (C=O) groups is 1. The molecule has 0 aliphatic heterocycles. The fourth-order valence-electron chi connectivity index (χ4n) is 2.31. The molecule has 21 heavy (non-hydrogen) atoms. The normalized spacial score (nSPS) is 12.1. The lowest BCUT2D eigenvalue weighted by Gasteiger charge is -2.24. The van der Waals surface area contributed by atoms with Gasteiger partial charge in [0, 0.05) is 18.0 Å². The zero-order chi connectivity index (χ0) is 15.1. The first-order valence-electron chi connectivity index (χ1n) is 7.31. The van der Waals surface area contributed by atoms with Crippen LogP contribution in [-0.4, -0.2) is 29.9 Å². The standard InChI is InChI=1S/C17H22N2OS/c1-2-19(11-10-15-9-6-12-21-15)17(20)16(18)13-14-7-4-3-5-8-14/h3-9,12,16H,2,10-11,13,18H2,1H3/t16-/m0/s1. The van der Waals surface area contributed by atoms with E-state index in [0.717, 1.165) is 18.5 Å². The molecule has 2 N–H and O–H groups in total. The van der Waals surface area contributed by atoms with E-state index in [9.17, 15) is 4.79 Å². The van der Waals surface area contributed by atoms with E-state index in [1.54, 1.807) is 11.3 Å². The lowest BCUT2D eigenvalue weighted by molar-refractivity contribution is -0.132. The van der Waals surface area contributed by atoms with Crippen LogP contribution < -0.4 is 5.73 Å². The molecule has 2 aromatic rings. The lowest BCUT2D eigenvalue weighted by atomic mass is 10.1. The first kappa shape index (κ1) is 15.7. The van der Waals surface area contributed by atoms with Crippen LogP contribution in [0.4, 0.5) is 0 Å². The molecule has 2 rings (SSSR count). The van der Waals surface area contributed by atoms with Crippen LogP contribution in [-0.2, 0) is 17.6 Å². The maximum atomic E-state index is 12.4. The molecular weight excluding hydrogens is 280 g/mol. The summed E-state index contributed by atoms with van der Waals surface area (Å²) in [5.74, 6) is 0.0397. The Hall–Kier alpha value is -1.65. The molecule has 1 amide bonds. The van der Waals surface area contributed by atoms with E-state index >= 15 is 0 Å². The number of amides is 1. The van der Waals surface area contributed by atoms with E-state index in [1.165, 1.54) is 4.88 Å². The Morgan fingerprint density at radius 3 is 2.62 bits per heavy atom. The highest BCUT2D eigenvalue weighted by Crippen LogP contribution is 2.11. The third-order valence-corrected chi connectivity index (χ3v) is 4.45. The Balaban J connectivity index is 1.89. The molecule has 1 aromatic carbocycles. The number of nitrogens with zero attached hydrogens (tertiary/aromatic N) is 1. The van der Waals surface area contributed by atoms with Crippen LogP contribution >= 0.6 is 11.3 Å². The summed E-state index contributed by atoms with van der Waals surface area (Å²) in [7, 11) is 0. The summed E-state index contributed by atoms with van der Waals surface area (Å²) in [6, 6.07) is 13.6. The van der Waals surface area contributed by atoms with Gasteiger partial charge in [0.2, 0.25) is 5.91 Å². The maximum Gasteiger partial charge on any atom is 0.239 e. The molecule has 3 nitrogen and oxygen atoms in total. The second-order valence-electron chi connectivity index (χ2n) is 5.04. The van der Waals surface area contributed by atoms with E-state index in [4.69, 9.17) is 5.73 Å². The molecule has 0 aliphatic carbocycles. The summed E-state index contributed by atoms with van der Waals surface area (Å²) < 4.78 is 0. The molecule has 0 unspecified atom stereocenters. The molecule has 1 atom stereocenters. The average Bonchev–Trinajstić information content (AvgIpc) is 3.02. The minimum absolute atomic E-state index is 0.0397. The first-order chi connectivity index (χ1) is 10.2. The number of nitrogens with two attached hydrogens (primary N) is 1. The molecular formula is C17H22N2OS. The second kappa shape index (κ2) is 7.96. The van der Waals surface area contributed by atoms with Gasteiger partial charge in [-0.3, -0.25) is 4.79 Å². The van der Waals surface area contributed by atoms with Crippen LogP contribution in [0.2, 0.25) is 0 Å². The Labute approximate surface area is 130 Å². The molecule has 0 bridgehead atoms. The Kier molecular flexibility index (Phi) is 5.96. The van der Waals surface area contributed by atoms with Crippen molar-refractivity contribution in [1.82, 2.24) is 4.90 Å². The molecule has 0 spiro atoms. The predicted octanol–water partition coefficient (Wildman–Crippen LogP) is 2.71. The summed E-state index contributed by atoms with van der Waals surface area (Å²) in [4.78, 5) is 15.6. The highest BCUT2D eigenvalue weighted by molar-refractivity contribution is 7.09. The van der Waals surface area contributed by atoms with Crippen molar-refractivity contribution < 1.29 is 4.79 Å². The summed E-state index contributed by atoms with van der Waals surface area (Å²) in [6.07, 6.45) is 1.49.